The molecule has 0 saturated carbocycles. The van der Waals surface area contributed by atoms with Crippen molar-refractivity contribution in [1.82, 2.24) is 30.0 Å². The molecule has 2 fully saturated rings. The lowest BCUT2D eigenvalue weighted by Gasteiger charge is -2.37. The van der Waals surface area contributed by atoms with Crippen LogP contribution in [0.1, 0.15) is 42.4 Å². The van der Waals surface area contributed by atoms with Crippen LogP contribution in [0.4, 0.5) is 0 Å². The van der Waals surface area contributed by atoms with Crippen molar-refractivity contribution in [3.05, 3.63) is 54.0 Å². The van der Waals surface area contributed by atoms with Crippen molar-refractivity contribution in [2.45, 2.75) is 44.8 Å². The fourth-order valence-electron chi connectivity index (χ4n) is 5.74. The Morgan fingerprint density at radius 3 is 2.65 bits per heavy atom. The Labute approximate surface area is 234 Å². The zero-order valence-electron chi connectivity index (χ0n) is 23.0. The molecule has 0 spiro atoms. The molecule has 6 bridgehead atoms. The lowest BCUT2D eigenvalue weighted by molar-refractivity contribution is -0.138. The molecule has 0 radical (unpaired) electrons. The maximum atomic E-state index is 13.8. The van der Waals surface area contributed by atoms with Crippen LogP contribution < -0.4 is 10.1 Å². The zero-order valence-corrected chi connectivity index (χ0v) is 23.0. The van der Waals surface area contributed by atoms with Gasteiger partial charge in [0.25, 0.3) is 5.91 Å². The number of aromatic nitrogens is 2. The van der Waals surface area contributed by atoms with Crippen molar-refractivity contribution in [3.8, 4) is 5.88 Å². The van der Waals surface area contributed by atoms with Crippen LogP contribution in [0.3, 0.4) is 0 Å². The molecule has 2 saturated heterocycles. The maximum absolute atomic E-state index is 13.8. The monoisotopic (exact) mass is 550 g/mol. The van der Waals surface area contributed by atoms with Crippen LogP contribution >= 0.6 is 0 Å². The van der Waals surface area contributed by atoms with Crippen LogP contribution in [-0.2, 0) is 20.9 Å². The highest BCUT2D eigenvalue weighted by molar-refractivity contribution is 5.92. The minimum absolute atomic E-state index is 0.0251. The number of pyridine rings is 2. The molecule has 0 aliphatic carbocycles. The molecule has 6 rings (SSSR count). The molecule has 4 aliphatic heterocycles. The number of piperidine rings is 1. The third-order valence-electron chi connectivity index (χ3n) is 7.90. The van der Waals surface area contributed by atoms with E-state index in [1.54, 1.807) is 31.3 Å². The topological polar surface area (TPSA) is 117 Å². The Kier molecular flexibility index (Phi) is 9.22. The molecule has 2 aromatic rings. The maximum Gasteiger partial charge on any atom is 0.270 e. The van der Waals surface area contributed by atoms with Crippen molar-refractivity contribution in [2.75, 3.05) is 52.5 Å². The number of hydrogen-bond acceptors (Lipinski definition) is 8. The summed E-state index contributed by atoms with van der Waals surface area (Å²) in [4.78, 5) is 54.0. The smallest absolute Gasteiger partial charge is 0.270 e. The molecule has 3 amide bonds. The quantitative estimate of drug-likeness (QED) is 0.557. The van der Waals surface area contributed by atoms with Gasteiger partial charge in [0, 0.05) is 64.5 Å². The number of ether oxygens (including phenoxy) is 2. The van der Waals surface area contributed by atoms with Gasteiger partial charge >= 0.3 is 0 Å². The largest absolute Gasteiger partial charge is 0.475 e. The van der Waals surface area contributed by atoms with Crippen molar-refractivity contribution < 1.29 is 23.9 Å². The van der Waals surface area contributed by atoms with E-state index < -0.39 is 0 Å². The molecular formula is C29H38N6O5. The van der Waals surface area contributed by atoms with Gasteiger partial charge in [0.05, 0.1) is 24.9 Å². The average molecular weight is 551 g/mol. The van der Waals surface area contributed by atoms with Gasteiger partial charge in [-0.25, -0.2) is 4.98 Å². The van der Waals surface area contributed by atoms with Crippen molar-refractivity contribution in [1.29, 1.82) is 0 Å². The van der Waals surface area contributed by atoms with E-state index in [0.717, 1.165) is 18.5 Å². The van der Waals surface area contributed by atoms with Gasteiger partial charge in [-0.3, -0.25) is 24.3 Å². The molecule has 11 heteroatoms. The highest BCUT2D eigenvalue weighted by atomic mass is 16.5. The molecule has 6 heterocycles. The second kappa shape index (κ2) is 13.2. The number of nitrogens with one attached hydrogen (secondary N) is 1. The van der Waals surface area contributed by atoms with Crippen molar-refractivity contribution >= 4 is 17.7 Å². The van der Waals surface area contributed by atoms with Crippen LogP contribution in [0.5, 0.6) is 5.88 Å². The molecule has 2 atom stereocenters. The molecule has 2 aromatic heterocycles. The number of rotatable bonds is 2. The number of nitrogens with zero attached hydrogens (tertiary/aromatic N) is 5. The van der Waals surface area contributed by atoms with Crippen LogP contribution in [0.25, 0.3) is 0 Å². The summed E-state index contributed by atoms with van der Waals surface area (Å²) in [6, 6.07) is 10.3. The third-order valence-corrected chi connectivity index (χ3v) is 7.90. The SMILES string of the molecule is CC(=O)N1CCOCCOc2cccc(n2)C(=O)N[C@@H]2C[C@@H](C(=O)N3CCC(CC3)C1)N(Cc1ccccn1)C2. The van der Waals surface area contributed by atoms with E-state index in [1.807, 2.05) is 28.0 Å². The molecule has 11 nitrogen and oxygen atoms in total. The summed E-state index contributed by atoms with van der Waals surface area (Å²) in [7, 11) is 0. The zero-order chi connectivity index (χ0) is 27.9. The summed E-state index contributed by atoms with van der Waals surface area (Å²) in [5.74, 6) is 0.490. The van der Waals surface area contributed by atoms with Gasteiger partial charge in [-0.2, -0.15) is 0 Å². The summed E-state index contributed by atoms with van der Waals surface area (Å²) < 4.78 is 11.4. The molecule has 214 valence electrons. The first-order valence-corrected chi connectivity index (χ1v) is 14.1. The summed E-state index contributed by atoms with van der Waals surface area (Å²) in [6.45, 7) is 6.18. The Morgan fingerprint density at radius 2 is 1.88 bits per heavy atom. The summed E-state index contributed by atoms with van der Waals surface area (Å²) in [5, 5.41) is 3.09. The first kappa shape index (κ1) is 28.0. The highest BCUT2D eigenvalue weighted by Crippen LogP contribution is 2.26. The lowest BCUT2D eigenvalue weighted by Crippen LogP contribution is -2.49. The standard InChI is InChI=1S/C29H38N6O5/c1-21(36)34-13-14-39-15-16-40-27-7-4-6-25(32-27)28(37)31-24-17-26(29(38)33-11-8-22(18-34)9-12-33)35(20-24)19-23-5-2-3-10-30-23/h2-7,10,22,24,26H,8-9,11-20H2,1H3,(H,31,37)/t24-,26+/m1/s1. The van der Waals surface area contributed by atoms with Crippen LogP contribution in [0.15, 0.2) is 42.6 Å². The van der Waals surface area contributed by atoms with E-state index in [-0.39, 0.29) is 42.1 Å². The minimum atomic E-state index is -0.355. The number of fused-ring (bicyclic) bond motifs is 10. The minimum Gasteiger partial charge on any atom is -0.475 e. The lowest BCUT2D eigenvalue weighted by atomic mass is 9.95. The first-order valence-electron chi connectivity index (χ1n) is 14.1. The molecule has 4 aliphatic rings. The van der Waals surface area contributed by atoms with E-state index in [1.165, 1.54) is 0 Å². The van der Waals surface area contributed by atoms with E-state index in [0.29, 0.717) is 70.7 Å². The fourth-order valence-corrected chi connectivity index (χ4v) is 5.74. The molecule has 1 N–H and O–H groups in total. The summed E-state index contributed by atoms with van der Waals surface area (Å²) in [5.41, 5.74) is 1.14. The third kappa shape index (κ3) is 7.14. The van der Waals surface area contributed by atoms with Gasteiger partial charge in [-0.1, -0.05) is 12.1 Å². The Bertz CT molecular complexity index is 1170. The van der Waals surface area contributed by atoms with Gasteiger partial charge in [-0.15, -0.1) is 0 Å². The summed E-state index contributed by atoms with van der Waals surface area (Å²) in [6.07, 6.45) is 3.96. The van der Waals surface area contributed by atoms with Gasteiger partial charge in [0.2, 0.25) is 17.7 Å². The van der Waals surface area contributed by atoms with E-state index in [4.69, 9.17) is 9.47 Å². The molecular weight excluding hydrogens is 512 g/mol. The summed E-state index contributed by atoms with van der Waals surface area (Å²) >= 11 is 0. The predicted octanol–water partition coefficient (Wildman–Crippen LogP) is 1.35. The molecule has 40 heavy (non-hydrogen) atoms. The van der Waals surface area contributed by atoms with E-state index >= 15 is 0 Å². The Hall–Kier alpha value is -3.57. The Morgan fingerprint density at radius 1 is 1.02 bits per heavy atom. The molecule has 0 aromatic carbocycles. The first-order chi connectivity index (χ1) is 19.5. The van der Waals surface area contributed by atoms with Crippen LogP contribution in [-0.4, -0.2) is 107 Å². The second-order valence-corrected chi connectivity index (χ2v) is 10.7. The normalized spacial score (nSPS) is 25.2. The van der Waals surface area contributed by atoms with E-state index in [2.05, 4.69) is 20.2 Å². The van der Waals surface area contributed by atoms with Gasteiger partial charge in [0.1, 0.15) is 12.3 Å². The van der Waals surface area contributed by atoms with Crippen LogP contribution in [0.2, 0.25) is 0 Å². The van der Waals surface area contributed by atoms with Gasteiger partial charge < -0.3 is 24.6 Å². The number of likely N-dealkylation sites (tertiary alicyclic amines) is 1. The molecule has 0 unspecified atom stereocenters. The average Bonchev–Trinajstić information content (AvgIpc) is 3.36. The van der Waals surface area contributed by atoms with Crippen molar-refractivity contribution in [2.24, 2.45) is 5.92 Å². The van der Waals surface area contributed by atoms with E-state index in [9.17, 15) is 14.4 Å². The number of amides is 3. The van der Waals surface area contributed by atoms with Crippen LogP contribution in [0, 0.1) is 5.92 Å². The van der Waals surface area contributed by atoms with Gasteiger partial charge in [0.15, 0.2) is 0 Å². The predicted molar refractivity (Wildman–Crippen MR) is 146 cm³/mol. The van der Waals surface area contributed by atoms with Crippen molar-refractivity contribution in [3.63, 3.8) is 0 Å². The highest BCUT2D eigenvalue weighted by Gasteiger charge is 2.40. The number of hydrogen-bond donors (Lipinski definition) is 1. The fraction of sp³-hybridized carbons (Fsp3) is 0.552. The number of carbonyl (C=O) groups excluding carboxylic acids is 3. The number of carbonyl (C=O) groups is 3. The second-order valence-electron chi connectivity index (χ2n) is 10.7. The van der Waals surface area contributed by atoms with Gasteiger partial charge in [-0.05, 0) is 43.4 Å². The Balaban J connectivity index is 1.35.